The van der Waals surface area contributed by atoms with Crippen LogP contribution in [0.25, 0.3) is 0 Å². The highest BCUT2D eigenvalue weighted by atomic mass is 35.5. The number of hydrogen-bond donors (Lipinski definition) is 1. The van der Waals surface area contributed by atoms with Gasteiger partial charge in [0.25, 0.3) is 0 Å². The van der Waals surface area contributed by atoms with Gasteiger partial charge >= 0.3 is 0 Å². The Labute approximate surface area is 103 Å². The van der Waals surface area contributed by atoms with E-state index >= 15 is 0 Å². The Kier molecular flexibility index (Phi) is 5.48. The maximum absolute atomic E-state index is 11.8. The molecule has 0 saturated carbocycles. The summed E-state index contributed by atoms with van der Waals surface area (Å²) in [5, 5.41) is 0. The van der Waals surface area contributed by atoms with Crippen molar-refractivity contribution in [3.63, 3.8) is 0 Å². The molecule has 90 valence electrons. The van der Waals surface area contributed by atoms with Gasteiger partial charge in [-0.3, -0.25) is 4.79 Å². The number of hydrogen-bond acceptors (Lipinski definition) is 2. The molecular formula is C12H19ClN2O. The third-order valence-corrected chi connectivity index (χ3v) is 2.24. The van der Waals surface area contributed by atoms with Crippen LogP contribution in [0.3, 0.4) is 0 Å². The van der Waals surface area contributed by atoms with Gasteiger partial charge in [0.2, 0.25) is 0 Å². The van der Waals surface area contributed by atoms with E-state index in [0.29, 0.717) is 12.1 Å². The summed E-state index contributed by atoms with van der Waals surface area (Å²) in [5.41, 5.74) is 7.00. The van der Waals surface area contributed by atoms with Crippen molar-refractivity contribution in [2.24, 2.45) is 0 Å². The van der Waals surface area contributed by atoms with Crippen molar-refractivity contribution in [2.75, 3.05) is 33.4 Å². The molecule has 0 atom stereocenters. The van der Waals surface area contributed by atoms with Crippen molar-refractivity contribution in [3.05, 3.63) is 29.8 Å². The van der Waals surface area contributed by atoms with Gasteiger partial charge in [-0.2, -0.15) is 0 Å². The zero-order valence-electron chi connectivity index (χ0n) is 10.0. The number of nitrogens with zero attached hydrogens (tertiary/aromatic N) is 1. The van der Waals surface area contributed by atoms with E-state index in [9.17, 15) is 4.79 Å². The quantitative estimate of drug-likeness (QED) is 0.399. The first-order chi connectivity index (χ1) is 6.88. The highest BCUT2D eigenvalue weighted by molar-refractivity contribution is 5.96. The molecule has 0 bridgehead atoms. The van der Waals surface area contributed by atoms with Gasteiger partial charge < -0.3 is 22.6 Å². The molecule has 16 heavy (non-hydrogen) atoms. The van der Waals surface area contributed by atoms with Crippen molar-refractivity contribution >= 4 is 11.5 Å². The predicted molar refractivity (Wildman–Crippen MR) is 62.7 cm³/mol. The molecule has 0 amide bonds. The van der Waals surface area contributed by atoms with Crippen LogP contribution in [-0.4, -0.2) is 38.0 Å². The Morgan fingerprint density at radius 1 is 1.19 bits per heavy atom. The molecule has 1 aromatic rings. The van der Waals surface area contributed by atoms with Gasteiger partial charge in [-0.1, -0.05) is 0 Å². The van der Waals surface area contributed by atoms with Crippen LogP contribution in [0.5, 0.6) is 0 Å². The monoisotopic (exact) mass is 242 g/mol. The fourth-order valence-corrected chi connectivity index (χ4v) is 1.25. The third kappa shape index (κ3) is 5.14. The molecule has 0 radical (unpaired) electrons. The van der Waals surface area contributed by atoms with E-state index in [4.69, 9.17) is 5.73 Å². The number of rotatable bonds is 4. The maximum atomic E-state index is 11.8. The molecule has 0 aliphatic carbocycles. The van der Waals surface area contributed by atoms with Gasteiger partial charge in [0.05, 0.1) is 34.1 Å². The molecule has 3 nitrogen and oxygen atoms in total. The van der Waals surface area contributed by atoms with Crippen molar-refractivity contribution in [2.45, 2.75) is 6.42 Å². The van der Waals surface area contributed by atoms with Crippen LogP contribution in [0, 0.1) is 0 Å². The number of nitrogen functional groups attached to an aromatic ring is 1. The van der Waals surface area contributed by atoms with Crippen molar-refractivity contribution in [1.82, 2.24) is 0 Å². The molecule has 0 spiro atoms. The Morgan fingerprint density at radius 2 is 1.69 bits per heavy atom. The molecular weight excluding hydrogens is 224 g/mol. The van der Waals surface area contributed by atoms with Crippen LogP contribution in [0.15, 0.2) is 24.3 Å². The topological polar surface area (TPSA) is 43.1 Å². The molecule has 1 rings (SSSR count). The Bertz CT molecular complexity index is 341. The number of halogens is 1. The second-order valence-corrected chi connectivity index (χ2v) is 4.81. The lowest BCUT2D eigenvalue weighted by Crippen LogP contribution is -3.00. The van der Waals surface area contributed by atoms with Crippen LogP contribution in [0.2, 0.25) is 0 Å². The molecule has 0 aliphatic rings. The van der Waals surface area contributed by atoms with Gasteiger partial charge in [0, 0.05) is 11.3 Å². The number of ketones is 1. The number of anilines is 1. The summed E-state index contributed by atoms with van der Waals surface area (Å²) >= 11 is 0. The normalized spacial score (nSPS) is 10.7. The van der Waals surface area contributed by atoms with E-state index in [1.165, 1.54) is 0 Å². The summed E-state index contributed by atoms with van der Waals surface area (Å²) in [6.45, 7) is 0.850. The SMILES string of the molecule is C[N+](C)(C)CCC(=O)c1ccc(N)cc1.[Cl-]. The lowest BCUT2D eigenvalue weighted by Gasteiger charge is -2.23. The summed E-state index contributed by atoms with van der Waals surface area (Å²) in [5.74, 6) is 0.183. The minimum Gasteiger partial charge on any atom is -1.00 e. The average molecular weight is 243 g/mol. The molecule has 0 aromatic heterocycles. The summed E-state index contributed by atoms with van der Waals surface area (Å²) in [4.78, 5) is 11.8. The van der Waals surface area contributed by atoms with Gasteiger partial charge in [-0.05, 0) is 24.3 Å². The molecule has 0 unspecified atom stereocenters. The number of carbonyl (C=O) groups excluding carboxylic acids is 1. The second kappa shape index (κ2) is 5.87. The first-order valence-electron chi connectivity index (χ1n) is 5.08. The number of quaternary nitrogens is 1. The fraction of sp³-hybridized carbons (Fsp3) is 0.417. The van der Waals surface area contributed by atoms with E-state index < -0.39 is 0 Å². The number of benzene rings is 1. The van der Waals surface area contributed by atoms with Crippen LogP contribution in [0.4, 0.5) is 5.69 Å². The van der Waals surface area contributed by atoms with Crippen LogP contribution in [0.1, 0.15) is 16.8 Å². The zero-order chi connectivity index (χ0) is 11.5. The zero-order valence-corrected chi connectivity index (χ0v) is 10.8. The van der Waals surface area contributed by atoms with Gasteiger partial charge in [-0.25, -0.2) is 0 Å². The standard InChI is InChI=1S/C12H18N2O.ClH/c1-14(2,3)9-8-12(15)10-4-6-11(13)7-5-10;/h4-7H,8-9H2,1-3H3,(H-,13,15);1H. The molecule has 4 heteroatoms. The van der Waals surface area contributed by atoms with Crippen molar-refractivity contribution < 1.29 is 21.7 Å². The van der Waals surface area contributed by atoms with E-state index in [1.54, 1.807) is 24.3 Å². The van der Waals surface area contributed by atoms with E-state index in [2.05, 4.69) is 21.1 Å². The number of nitrogens with two attached hydrogens (primary N) is 1. The van der Waals surface area contributed by atoms with Crippen LogP contribution in [-0.2, 0) is 0 Å². The first kappa shape index (κ1) is 14.9. The Morgan fingerprint density at radius 3 is 2.12 bits per heavy atom. The van der Waals surface area contributed by atoms with Crippen molar-refractivity contribution in [3.8, 4) is 0 Å². The highest BCUT2D eigenvalue weighted by Crippen LogP contribution is 2.08. The van der Waals surface area contributed by atoms with Gasteiger partial charge in [0.1, 0.15) is 0 Å². The first-order valence-corrected chi connectivity index (χ1v) is 5.08. The third-order valence-electron chi connectivity index (χ3n) is 2.24. The Balaban J connectivity index is 0.00000225. The molecule has 0 heterocycles. The predicted octanol–water partition coefficient (Wildman–Crippen LogP) is -1.45. The summed E-state index contributed by atoms with van der Waals surface area (Å²) in [6, 6.07) is 7.10. The Hall–Kier alpha value is -1.06. The summed E-state index contributed by atoms with van der Waals surface area (Å²) < 4.78 is 0.806. The number of Topliss-reactive ketones (excluding diaryl/α,β-unsaturated/α-hetero) is 1. The van der Waals surface area contributed by atoms with E-state index in [1.807, 2.05) is 0 Å². The minimum atomic E-state index is 0. The average Bonchev–Trinajstić information content (AvgIpc) is 2.14. The van der Waals surface area contributed by atoms with Crippen LogP contribution >= 0.6 is 0 Å². The molecule has 2 N–H and O–H groups in total. The second-order valence-electron chi connectivity index (χ2n) is 4.81. The molecule has 0 fully saturated rings. The highest BCUT2D eigenvalue weighted by Gasteiger charge is 2.12. The fourth-order valence-electron chi connectivity index (χ4n) is 1.25. The van der Waals surface area contributed by atoms with Crippen molar-refractivity contribution in [1.29, 1.82) is 0 Å². The molecule has 1 aromatic carbocycles. The van der Waals surface area contributed by atoms with E-state index in [0.717, 1.165) is 16.6 Å². The lowest BCUT2D eigenvalue weighted by atomic mass is 10.1. The van der Waals surface area contributed by atoms with Gasteiger partial charge in [-0.15, -0.1) is 0 Å². The lowest BCUT2D eigenvalue weighted by molar-refractivity contribution is -0.869. The molecule has 0 aliphatic heterocycles. The van der Waals surface area contributed by atoms with Crippen LogP contribution < -0.4 is 18.1 Å². The van der Waals surface area contributed by atoms with E-state index in [-0.39, 0.29) is 18.2 Å². The van der Waals surface area contributed by atoms with Gasteiger partial charge in [0.15, 0.2) is 5.78 Å². The molecule has 0 saturated heterocycles. The largest absolute Gasteiger partial charge is 1.00 e. The smallest absolute Gasteiger partial charge is 0.168 e. The summed E-state index contributed by atoms with van der Waals surface area (Å²) in [7, 11) is 6.24. The number of carbonyl (C=O) groups is 1. The minimum absolute atomic E-state index is 0. The maximum Gasteiger partial charge on any atom is 0.168 e. The summed E-state index contributed by atoms with van der Waals surface area (Å²) in [6.07, 6.45) is 0.577.